The second-order valence-corrected chi connectivity index (χ2v) is 3.13. The van der Waals surface area contributed by atoms with Gasteiger partial charge in [0.1, 0.15) is 5.56 Å². The van der Waals surface area contributed by atoms with E-state index in [2.05, 4.69) is 10.1 Å². The highest BCUT2D eigenvalue weighted by Crippen LogP contribution is 2.16. The number of carboxylic acid groups (broad SMARTS) is 1. The highest BCUT2D eigenvalue weighted by molar-refractivity contribution is 5.99. The summed E-state index contributed by atoms with van der Waals surface area (Å²) in [4.78, 5) is 14.8. The lowest BCUT2D eigenvalue weighted by atomic mass is 10.2. The Kier molecular flexibility index (Phi) is 2.17. The molecule has 0 fully saturated rings. The van der Waals surface area contributed by atoms with Crippen molar-refractivity contribution in [3.63, 3.8) is 0 Å². The molecule has 80 valence electrons. The van der Waals surface area contributed by atoms with E-state index in [0.29, 0.717) is 5.56 Å². The van der Waals surface area contributed by atoms with Crippen molar-refractivity contribution in [3.8, 4) is 6.07 Å². The second kappa shape index (κ2) is 3.51. The number of carbonyl (C=O) groups is 1. The summed E-state index contributed by atoms with van der Waals surface area (Å²) in [5, 5.41) is 21.2. The maximum Gasteiger partial charge on any atom is 0.343 e. The first-order valence-electron chi connectivity index (χ1n) is 4.36. The van der Waals surface area contributed by atoms with Gasteiger partial charge in [-0.05, 0) is 0 Å². The molecule has 0 atom stereocenters. The van der Waals surface area contributed by atoms with E-state index in [-0.39, 0.29) is 23.4 Å². The van der Waals surface area contributed by atoms with Crippen LogP contribution in [0.15, 0.2) is 12.4 Å². The molecule has 2 heterocycles. The number of nitriles is 1. The summed E-state index contributed by atoms with van der Waals surface area (Å²) in [7, 11) is 0. The number of carboxylic acids is 1. The molecule has 0 spiro atoms. The third-order valence-electron chi connectivity index (χ3n) is 2.05. The van der Waals surface area contributed by atoms with Gasteiger partial charge in [0, 0.05) is 18.0 Å². The first-order valence-corrected chi connectivity index (χ1v) is 4.36. The van der Waals surface area contributed by atoms with Gasteiger partial charge in [-0.25, -0.2) is 14.3 Å². The minimum atomic E-state index is -1.17. The molecule has 0 aliphatic rings. The van der Waals surface area contributed by atoms with E-state index in [9.17, 15) is 4.79 Å². The minimum absolute atomic E-state index is 0.0888. The van der Waals surface area contributed by atoms with Gasteiger partial charge in [0.25, 0.3) is 0 Å². The number of nitrogen functional groups attached to an aromatic ring is 1. The molecule has 2 aromatic rings. The Morgan fingerprint density at radius 2 is 2.44 bits per heavy atom. The van der Waals surface area contributed by atoms with Gasteiger partial charge in [0.05, 0.1) is 12.5 Å². The van der Waals surface area contributed by atoms with E-state index in [1.165, 1.54) is 16.9 Å². The Morgan fingerprint density at radius 3 is 3.06 bits per heavy atom. The smallest absolute Gasteiger partial charge is 0.343 e. The number of fused-ring (bicyclic) bond motifs is 1. The minimum Gasteiger partial charge on any atom is -0.477 e. The van der Waals surface area contributed by atoms with E-state index in [1.54, 1.807) is 0 Å². The van der Waals surface area contributed by atoms with Crippen LogP contribution < -0.4 is 5.73 Å². The molecular weight excluding hydrogens is 210 g/mol. The Morgan fingerprint density at radius 1 is 1.69 bits per heavy atom. The van der Waals surface area contributed by atoms with Crippen LogP contribution in [0.3, 0.4) is 0 Å². The highest BCUT2D eigenvalue weighted by Gasteiger charge is 2.18. The van der Waals surface area contributed by atoms with E-state index >= 15 is 0 Å². The van der Waals surface area contributed by atoms with Crippen LogP contribution in [0, 0.1) is 11.3 Å². The Balaban J connectivity index is 2.66. The molecule has 7 nitrogen and oxygen atoms in total. The van der Waals surface area contributed by atoms with Crippen LogP contribution in [0.5, 0.6) is 0 Å². The van der Waals surface area contributed by atoms with Gasteiger partial charge in [-0.15, -0.1) is 5.10 Å². The fraction of sp³-hybridized carbons (Fsp3) is 0.111. The maximum atomic E-state index is 10.9. The quantitative estimate of drug-likeness (QED) is 0.735. The number of nitrogens with zero attached hydrogens (tertiary/aromatic N) is 4. The van der Waals surface area contributed by atoms with E-state index in [0.717, 1.165) is 0 Å². The number of hydrogen-bond acceptors (Lipinski definition) is 5. The maximum absolute atomic E-state index is 10.9. The van der Waals surface area contributed by atoms with Crippen LogP contribution in [-0.2, 0) is 6.42 Å². The van der Waals surface area contributed by atoms with Gasteiger partial charge in [-0.2, -0.15) is 5.26 Å². The standard InChI is InChI=1S/C9H7N5O2/c10-2-1-5-3-12-8-6(9(15)16)7(11)13-14(8)4-5/h3-4H,1H2,(H2,11,13)(H,15,16). The lowest BCUT2D eigenvalue weighted by Crippen LogP contribution is -2.01. The summed E-state index contributed by atoms with van der Waals surface area (Å²) >= 11 is 0. The Labute approximate surface area is 89.7 Å². The molecule has 0 aliphatic carbocycles. The van der Waals surface area contributed by atoms with Crippen molar-refractivity contribution in [2.24, 2.45) is 0 Å². The zero-order chi connectivity index (χ0) is 11.7. The molecule has 16 heavy (non-hydrogen) atoms. The number of anilines is 1. The van der Waals surface area contributed by atoms with Crippen molar-refractivity contribution in [1.29, 1.82) is 5.26 Å². The average molecular weight is 217 g/mol. The van der Waals surface area contributed by atoms with Crippen molar-refractivity contribution in [1.82, 2.24) is 14.6 Å². The van der Waals surface area contributed by atoms with Crippen molar-refractivity contribution < 1.29 is 9.90 Å². The van der Waals surface area contributed by atoms with Crippen LogP contribution in [0.2, 0.25) is 0 Å². The summed E-state index contributed by atoms with van der Waals surface area (Å²) in [6.07, 6.45) is 3.16. The van der Waals surface area contributed by atoms with E-state index < -0.39 is 5.97 Å². The Bertz CT molecular complexity index is 610. The number of rotatable bonds is 2. The largest absolute Gasteiger partial charge is 0.477 e. The molecule has 7 heteroatoms. The zero-order valence-corrected chi connectivity index (χ0v) is 8.08. The van der Waals surface area contributed by atoms with E-state index in [4.69, 9.17) is 16.1 Å². The predicted octanol–water partition coefficient (Wildman–Crippen LogP) is 0.0758. The zero-order valence-electron chi connectivity index (χ0n) is 8.08. The molecule has 0 aliphatic heterocycles. The molecule has 3 N–H and O–H groups in total. The topological polar surface area (TPSA) is 117 Å². The summed E-state index contributed by atoms with van der Waals surface area (Å²) in [6.45, 7) is 0. The number of aromatic nitrogens is 3. The average Bonchev–Trinajstić information content (AvgIpc) is 2.53. The molecule has 0 saturated carbocycles. The van der Waals surface area contributed by atoms with Crippen LogP contribution in [0.25, 0.3) is 5.65 Å². The third-order valence-corrected chi connectivity index (χ3v) is 2.05. The van der Waals surface area contributed by atoms with Gasteiger partial charge < -0.3 is 10.8 Å². The summed E-state index contributed by atoms with van der Waals surface area (Å²) < 4.78 is 1.27. The predicted molar refractivity (Wildman–Crippen MR) is 53.7 cm³/mol. The SMILES string of the molecule is N#CCc1cnc2c(C(=O)O)c(N)nn2c1. The van der Waals surface area contributed by atoms with E-state index in [1.807, 2.05) is 6.07 Å². The normalized spacial score (nSPS) is 10.2. The van der Waals surface area contributed by atoms with Gasteiger partial charge in [0.15, 0.2) is 11.5 Å². The summed E-state index contributed by atoms with van der Waals surface area (Å²) in [5.41, 5.74) is 6.16. The number of nitrogens with two attached hydrogens (primary N) is 1. The fourth-order valence-corrected chi connectivity index (χ4v) is 1.38. The molecule has 0 bridgehead atoms. The molecule has 0 saturated heterocycles. The number of aromatic carboxylic acids is 1. The lowest BCUT2D eigenvalue weighted by molar-refractivity contribution is 0.0700. The van der Waals surface area contributed by atoms with Gasteiger partial charge in [0.2, 0.25) is 0 Å². The van der Waals surface area contributed by atoms with Crippen molar-refractivity contribution >= 4 is 17.4 Å². The molecular formula is C9H7N5O2. The molecule has 0 aromatic carbocycles. The fourth-order valence-electron chi connectivity index (χ4n) is 1.38. The monoisotopic (exact) mass is 217 g/mol. The summed E-state index contributed by atoms with van der Waals surface area (Å²) in [5.74, 6) is -1.26. The Hall–Kier alpha value is -2.62. The van der Waals surface area contributed by atoms with Gasteiger partial charge >= 0.3 is 5.97 Å². The van der Waals surface area contributed by atoms with Gasteiger partial charge in [-0.1, -0.05) is 0 Å². The van der Waals surface area contributed by atoms with Crippen LogP contribution >= 0.6 is 0 Å². The summed E-state index contributed by atoms with van der Waals surface area (Å²) in [6, 6.07) is 1.96. The van der Waals surface area contributed by atoms with Gasteiger partial charge in [-0.3, -0.25) is 0 Å². The van der Waals surface area contributed by atoms with Crippen LogP contribution in [0.4, 0.5) is 5.82 Å². The first kappa shape index (κ1) is 9.92. The second-order valence-electron chi connectivity index (χ2n) is 3.13. The molecule has 0 radical (unpaired) electrons. The first-order chi connectivity index (χ1) is 7.63. The number of hydrogen-bond donors (Lipinski definition) is 2. The lowest BCUT2D eigenvalue weighted by Gasteiger charge is -1.96. The highest BCUT2D eigenvalue weighted by atomic mass is 16.4. The van der Waals surface area contributed by atoms with Crippen molar-refractivity contribution in [2.45, 2.75) is 6.42 Å². The van der Waals surface area contributed by atoms with Crippen LogP contribution in [0.1, 0.15) is 15.9 Å². The third kappa shape index (κ3) is 1.42. The molecule has 2 aromatic heterocycles. The molecule has 2 rings (SSSR count). The van der Waals surface area contributed by atoms with Crippen molar-refractivity contribution in [2.75, 3.05) is 5.73 Å². The molecule has 0 unspecified atom stereocenters. The van der Waals surface area contributed by atoms with Crippen LogP contribution in [-0.4, -0.2) is 25.7 Å². The van der Waals surface area contributed by atoms with Crippen molar-refractivity contribution in [3.05, 3.63) is 23.5 Å². The molecule has 0 amide bonds.